The van der Waals surface area contributed by atoms with Crippen LogP contribution in [0.1, 0.15) is 21.1 Å². The Hall–Kier alpha value is -1.66. The molecule has 1 amide bonds. The molecule has 2 heterocycles. The van der Waals surface area contributed by atoms with Gasteiger partial charge in [-0.3, -0.25) is 4.79 Å². The van der Waals surface area contributed by atoms with Crippen molar-refractivity contribution in [1.29, 1.82) is 0 Å². The quantitative estimate of drug-likeness (QED) is 0.943. The van der Waals surface area contributed by atoms with Crippen LogP contribution in [0.3, 0.4) is 0 Å². The summed E-state index contributed by atoms with van der Waals surface area (Å²) < 4.78 is 0. The van der Waals surface area contributed by atoms with Crippen LogP contribution in [0.25, 0.3) is 0 Å². The summed E-state index contributed by atoms with van der Waals surface area (Å²) in [7, 11) is 3.46. The Morgan fingerprint density at radius 2 is 2.30 bits per heavy atom. The van der Waals surface area contributed by atoms with Gasteiger partial charge in [-0.25, -0.2) is 9.97 Å². The molecule has 0 atom stereocenters. The Balaban J connectivity index is 2.12. The second-order valence-corrected chi connectivity index (χ2v) is 5.79. The maximum absolute atomic E-state index is 12.3. The molecule has 0 bridgehead atoms. The predicted molar refractivity (Wildman–Crippen MR) is 81.4 cm³/mol. The number of halogens is 1. The smallest absolute Gasteiger partial charge is 0.255 e. The number of carbonyl (C=O) groups excluding carboxylic acids is 1. The SMILES string of the molecule is CNc1ncc(C(=O)N(C)Cc2csc(C)n2)cc1Cl. The molecule has 20 heavy (non-hydrogen) atoms. The summed E-state index contributed by atoms with van der Waals surface area (Å²) in [6.45, 7) is 2.41. The summed E-state index contributed by atoms with van der Waals surface area (Å²) in [6.07, 6.45) is 1.52. The maximum Gasteiger partial charge on any atom is 0.255 e. The summed E-state index contributed by atoms with van der Waals surface area (Å²) >= 11 is 7.61. The molecule has 2 aromatic rings. The fourth-order valence-corrected chi connectivity index (χ4v) is 2.62. The van der Waals surface area contributed by atoms with Crippen molar-refractivity contribution in [3.63, 3.8) is 0 Å². The first-order chi connectivity index (χ1) is 9.51. The van der Waals surface area contributed by atoms with Crippen molar-refractivity contribution in [2.45, 2.75) is 13.5 Å². The lowest BCUT2D eigenvalue weighted by atomic mass is 10.2. The largest absolute Gasteiger partial charge is 0.372 e. The molecule has 2 rings (SSSR count). The fourth-order valence-electron chi connectivity index (χ4n) is 1.75. The number of aryl methyl sites for hydroxylation is 1. The maximum atomic E-state index is 12.3. The predicted octanol–water partition coefficient (Wildman–Crippen LogP) is 2.81. The van der Waals surface area contributed by atoms with Crippen LogP contribution in [0.4, 0.5) is 5.82 Å². The molecule has 0 fully saturated rings. The number of anilines is 1. The summed E-state index contributed by atoms with van der Waals surface area (Å²) in [6, 6.07) is 1.62. The second-order valence-electron chi connectivity index (χ2n) is 4.32. The Bertz CT molecular complexity index is 629. The third kappa shape index (κ3) is 3.26. The van der Waals surface area contributed by atoms with E-state index in [2.05, 4.69) is 15.3 Å². The first-order valence-electron chi connectivity index (χ1n) is 6.01. The van der Waals surface area contributed by atoms with Crippen molar-refractivity contribution < 1.29 is 4.79 Å². The molecular formula is C13H15ClN4OS. The zero-order valence-electron chi connectivity index (χ0n) is 11.5. The molecule has 0 saturated heterocycles. The van der Waals surface area contributed by atoms with Gasteiger partial charge in [0.2, 0.25) is 0 Å². The van der Waals surface area contributed by atoms with Gasteiger partial charge in [0.25, 0.3) is 5.91 Å². The highest BCUT2D eigenvalue weighted by molar-refractivity contribution is 7.09. The molecule has 0 aliphatic carbocycles. The number of thiazole rings is 1. The molecule has 0 aliphatic heterocycles. The van der Waals surface area contributed by atoms with Crippen molar-refractivity contribution in [2.24, 2.45) is 0 Å². The van der Waals surface area contributed by atoms with E-state index in [-0.39, 0.29) is 5.91 Å². The molecular weight excluding hydrogens is 296 g/mol. The molecule has 0 spiro atoms. The fraction of sp³-hybridized carbons (Fsp3) is 0.308. The van der Waals surface area contributed by atoms with Crippen molar-refractivity contribution >= 4 is 34.7 Å². The van der Waals surface area contributed by atoms with Crippen molar-refractivity contribution in [3.05, 3.63) is 38.9 Å². The van der Waals surface area contributed by atoms with Crippen LogP contribution in [0.2, 0.25) is 5.02 Å². The van der Waals surface area contributed by atoms with E-state index in [0.717, 1.165) is 10.7 Å². The number of hydrogen-bond acceptors (Lipinski definition) is 5. The third-order valence-corrected chi connectivity index (χ3v) is 3.85. The Morgan fingerprint density at radius 3 is 2.85 bits per heavy atom. The van der Waals surface area contributed by atoms with Gasteiger partial charge in [-0.15, -0.1) is 11.3 Å². The molecule has 0 aliphatic rings. The van der Waals surface area contributed by atoms with Gasteiger partial charge in [-0.1, -0.05) is 11.6 Å². The first-order valence-corrected chi connectivity index (χ1v) is 7.26. The number of carbonyl (C=O) groups is 1. The number of pyridine rings is 1. The normalized spacial score (nSPS) is 10.4. The summed E-state index contributed by atoms with van der Waals surface area (Å²) in [5.74, 6) is 0.425. The van der Waals surface area contributed by atoms with Gasteiger partial charge in [0.05, 0.1) is 27.8 Å². The molecule has 106 valence electrons. The van der Waals surface area contributed by atoms with Gasteiger partial charge < -0.3 is 10.2 Å². The monoisotopic (exact) mass is 310 g/mol. The molecule has 0 aromatic carbocycles. The Kier molecular flexibility index (Phi) is 4.57. The number of rotatable bonds is 4. The minimum absolute atomic E-state index is 0.132. The van der Waals surface area contributed by atoms with Crippen molar-refractivity contribution in [1.82, 2.24) is 14.9 Å². The van der Waals surface area contributed by atoms with E-state index in [4.69, 9.17) is 11.6 Å². The summed E-state index contributed by atoms with van der Waals surface area (Å²) in [5.41, 5.74) is 1.35. The molecule has 7 heteroatoms. The van der Waals surface area contributed by atoms with E-state index in [1.165, 1.54) is 6.20 Å². The van der Waals surface area contributed by atoms with Gasteiger partial charge in [0, 0.05) is 25.7 Å². The van der Waals surface area contributed by atoms with Gasteiger partial charge in [-0.2, -0.15) is 0 Å². The van der Waals surface area contributed by atoms with E-state index >= 15 is 0 Å². The lowest BCUT2D eigenvalue weighted by molar-refractivity contribution is 0.0783. The van der Waals surface area contributed by atoms with Crippen LogP contribution < -0.4 is 5.32 Å². The average molecular weight is 311 g/mol. The van der Waals surface area contributed by atoms with Crippen molar-refractivity contribution in [2.75, 3.05) is 19.4 Å². The van der Waals surface area contributed by atoms with E-state index in [1.807, 2.05) is 12.3 Å². The van der Waals surface area contributed by atoms with Gasteiger partial charge in [0.15, 0.2) is 0 Å². The highest BCUT2D eigenvalue weighted by Crippen LogP contribution is 2.20. The van der Waals surface area contributed by atoms with Crippen LogP contribution in [0.5, 0.6) is 0 Å². The minimum Gasteiger partial charge on any atom is -0.372 e. The molecule has 5 nitrogen and oxygen atoms in total. The lowest BCUT2D eigenvalue weighted by Gasteiger charge is -2.16. The number of nitrogens with one attached hydrogen (secondary N) is 1. The summed E-state index contributed by atoms with van der Waals surface area (Å²) in [5, 5.41) is 6.23. The molecule has 0 unspecified atom stereocenters. The molecule has 1 N–H and O–H groups in total. The third-order valence-electron chi connectivity index (χ3n) is 2.74. The number of hydrogen-bond donors (Lipinski definition) is 1. The van der Waals surface area contributed by atoms with Crippen LogP contribution in [-0.4, -0.2) is 34.9 Å². The van der Waals surface area contributed by atoms with Gasteiger partial charge in [-0.05, 0) is 13.0 Å². The van der Waals surface area contributed by atoms with Crippen molar-refractivity contribution in [3.8, 4) is 0 Å². The highest BCUT2D eigenvalue weighted by atomic mass is 35.5. The highest BCUT2D eigenvalue weighted by Gasteiger charge is 2.15. The average Bonchev–Trinajstić information content (AvgIpc) is 2.83. The minimum atomic E-state index is -0.132. The Labute approximate surface area is 126 Å². The van der Waals surface area contributed by atoms with E-state index in [9.17, 15) is 4.79 Å². The van der Waals surface area contributed by atoms with E-state index in [0.29, 0.717) is 22.9 Å². The van der Waals surface area contributed by atoms with Crippen LogP contribution in [-0.2, 0) is 6.54 Å². The second kappa shape index (κ2) is 6.19. The van der Waals surface area contributed by atoms with Crippen LogP contribution in [0.15, 0.2) is 17.6 Å². The zero-order valence-corrected chi connectivity index (χ0v) is 13.0. The van der Waals surface area contributed by atoms with Gasteiger partial charge in [0.1, 0.15) is 5.82 Å². The Morgan fingerprint density at radius 1 is 1.55 bits per heavy atom. The lowest BCUT2D eigenvalue weighted by Crippen LogP contribution is -2.26. The topological polar surface area (TPSA) is 58.1 Å². The van der Waals surface area contributed by atoms with Crippen LogP contribution in [0, 0.1) is 6.92 Å². The molecule has 2 aromatic heterocycles. The number of amides is 1. The van der Waals surface area contributed by atoms with Gasteiger partial charge >= 0.3 is 0 Å². The molecule has 0 saturated carbocycles. The number of aromatic nitrogens is 2. The first kappa shape index (κ1) is 14.7. The number of nitrogens with zero attached hydrogens (tertiary/aromatic N) is 3. The van der Waals surface area contributed by atoms with Crippen LogP contribution >= 0.6 is 22.9 Å². The standard InChI is InChI=1S/C13H15ClN4OS/c1-8-17-10(7-20-8)6-18(3)13(19)9-4-11(14)12(15-2)16-5-9/h4-5,7H,6H2,1-3H3,(H,15,16). The zero-order chi connectivity index (χ0) is 14.7. The van der Waals surface area contributed by atoms with E-state index < -0.39 is 0 Å². The van der Waals surface area contributed by atoms with E-state index in [1.54, 1.807) is 36.4 Å². The summed E-state index contributed by atoms with van der Waals surface area (Å²) in [4.78, 5) is 22.3. The molecule has 0 radical (unpaired) electrons.